The maximum Gasteiger partial charge on any atom is 0.0694 e. The van der Waals surface area contributed by atoms with Crippen molar-refractivity contribution < 1.29 is 0 Å². The number of allylic oxidation sites excluding steroid dienone is 3. The molecule has 118 valence electrons. The Labute approximate surface area is 139 Å². The lowest BCUT2D eigenvalue weighted by Crippen LogP contribution is -2.11. The molecule has 0 unspecified atom stereocenters. The highest BCUT2D eigenvalue weighted by Crippen LogP contribution is 2.23. The monoisotopic (exact) mass is 304 g/mol. The van der Waals surface area contributed by atoms with Gasteiger partial charge < -0.3 is 11.1 Å². The molecule has 0 fully saturated rings. The molecule has 0 radical (unpaired) electrons. The van der Waals surface area contributed by atoms with Crippen LogP contribution in [-0.4, -0.2) is 0 Å². The highest BCUT2D eigenvalue weighted by Gasteiger charge is 2.10. The number of nitrogens with two attached hydrogens (primary N) is 1. The Bertz CT molecular complexity index is 695. The van der Waals surface area contributed by atoms with E-state index >= 15 is 0 Å². The van der Waals surface area contributed by atoms with E-state index in [0.29, 0.717) is 0 Å². The number of hydrogen-bond donors (Lipinski definition) is 2. The Kier molecular flexibility index (Phi) is 6.25. The van der Waals surface area contributed by atoms with Gasteiger partial charge in [0, 0.05) is 5.69 Å². The minimum absolute atomic E-state index is 0.743. The van der Waals surface area contributed by atoms with Crippen LogP contribution in [-0.2, 0) is 0 Å². The van der Waals surface area contributed by atoms with Crippen LogP contribution in [0.15, 0.2) is 90.2 Å². The van der Waals surface area contributed by atoms with Crippen molar-refractivity contribution in [3.8, 4) is 0 Å². The lowest BCUT2D eigenvalue weighted by Gasteiger charge is -2.16. The molecule has 0 aliphatic carbocycles. The third kappa shape index (κ3) is 4.62. The van der Waals surface area contributed by atoms with Crippen LogP contribution >= 0.6 is 0 Å². The Morgan fingerprint density at radius 2 is 1.61 bits per heavy atom. The number of hydrogen-bond acceptors (Lipinski definition) is 2. The van der Waals surface area contributed by atoms with Crippen LogP contribution < -0.4 is 11.1 Å². The quantitative estimate of drug-likeness (QED) is 0.707. The Morgan fingerprint density at radius 1 is 1.00 bits per heavy atom. The topological polar surface area (TPSA) is 38.0 Å². The van der Waals surface area contributed by atoms with E-state index in [4.69, 9.17) is 5.73 Å². The SMILES string of the molecule is C\C=C/C(=C\CC)C(/Nc1ccccc1)=C(/N)c1ccccc1. The molecule has 23 heavy (non-hydrogen) atoms. The Hall–Kier alpha value is -2.74. The summed E-state index contributed by atoms with van der Waals surface area (Å²) < 4.78 is 0. The van der Waals surface area contributed by atoms with Crippen molar-refractivity contribution in [2.45, 2.75) is 20.3 Å². The summed E-state index contributed by atoms with van der Waals surface area (Å²) in [4.78, 5) is 0. The summed E-state index contributed by atoms with van der Waals surface area (Å²) in [5, 5.41) is 3.48. The summed E-state index contributed by atoms with van der Waals surface area (Å²) in [6.45, 7) is 4.14. The Balaban J connectivity index is 2.52. The zero-order valence-corrected chi connectivity index (χ0v) is 13.8. The second kappa shape index (κ2) is 8.64. The van der Waals surface area contributed by atoms with Gasteiger partial charge in [-0.3, -0.25) is 0 Å². The van der Waals surface area contributed by atoms with Crippen molar-refractivity contribution in [1.29, 1.82) is 0 Å². The summed E-state index contributed by atoms with van der Waals surface area (Å²) >= 11 is 0. The fourth-order valence-electron chi connectivity index (χ4n) is 2.38. The molecule has 2 rings (SSSR count). The van der Waals surface area contributed by atoms with Gasteiger partial charge in [0.2, 0.25) is 0 Å². The predicted octanol–water partition coefficient (Wildman–Crippen LogP) is 5.34. The molecular weight excluding hydrogens is 280 g/mol. The van der Waals surface area contributed by atoms with E-state index in [1.54, 1.807) is 0 Å². The number of benzene rings is 2. The van der Waals surface area contributed by atoms with Gasteiger partial charge in [0.1, 0.15) is 0 Å². The average Bonchev–Trinajstić information content (AvgIpc) is 2.61. The van der Waals surface area contributed by atoms with Gasteiger partial charge in [0.15, 0.2) is 0 Å². The highest BCUT2D eigenvalue weighted by atomic mass is 14.9. The fourth-order valence-corrected chi connectivity index (χ4v) is 2.38. The zero-order valence-electron chi connectivity index (χ0n) is 13.8. The number of nitrogens with one attached hydrogen (secondary N) is 1. The molecule has 2 nitrogen and oxygen atoms in total. The molecule has 0 aliphatic heterocycles. The van der Waals surface area contributed by atoms with E-state index < -0.39 is 0 Å². The molecule has 0 atom stereocenters. The van der Waals surface area contributed by atoms with Gasteiger partial charge in [-0.15, -0.1) is 0 Å². The first-order chi connectivity index (χ1) is 11.3. The van der Waals surface area contributed by atoms with Crippen LogP contribution in [0.2, 0.25) is 0 Å². The molecular formula is C21H24N2. The molecule has 2 aromatic carbocycles. The van der Waals surface area contributed by atoms with Crippen LogP contribution in [0.25, 0.3) is 5.70 Å². The van der Waals surface area contributed by atoms with E-state index in [-0.39, 0.29) is 0 Å². The van der Waals surface area contributed by atoms with Crippen molar-refractivity contribution >= 4 is 11.4 Å². The molecule has 0 aliphatic rings. The minimum Gasteiger partial charge on any atom is -0.397 e. The molecule has 0 saturated carbocycles. The van der Waals surface area contributed by atoms with Gasteiger partial charge in [-0.05, 0) is 36.6 Å². The van der Waals surface area contributed by atoms with Gasteiger partial charge in [0.05, 0.1) is 11.4 Å². The van der Waals surface area contributed by atoms with Crippen LogP contribution in [0.5, 0.6) is 0 Å². The van der Waals surface area contributed by atoms with E-state index in [2.05, 4.69) is 24.4 Å². The van der Waals surface area contributed by atoms with E-state index in [1.165, 1.54) is 0 Å². The molecule has 0 amide bonds. The lowest BCUT2D eigenvalue weighted by atomic mass is 10.0. The maximum atomic E-state index is 6.49. The predicted molar refractivity (Wildman–Crippen MR) is 101 cm³/mol. The molecule has 0 aromatic heterocycles. The van der Waals surface area contributed by atoms with Gasteiger partial charge in [-0.2, -0.15) is 0 Å². The standard InChI is InChI=1S/C21H24N2/c1-3-11-18(12-4-2)21(23-19-15-9-6-10-16-19)20(22)17-13-7-5-8-14-17/h3,5-16,23H,4,22H2,1-2H3/b11-3-,18-12+,21-20-. The molecule has 2 aromatic rings. The molecule has 3 N–H and O–H groups in total. The molecule has 2 heteroatoms. The van der Waals surface area contributed by atoms with Crippen molar-refractivity contribution in [1.82, 2.24) is 0 Å². The van der Waals surface area contributed by atoms with Crippen LogP contribution in [0.4, 0.5) is 5.69 Å². The average molecular weight is 304 g/mol. The summed E-state index contributed by atoms with van der Waals surface area (Å²) in [6.07, 6.45) is 7.25. The molecule has 0 heterocycles. The summed E-state index contributed by atoms with van der Waals surface area (Å²) in [7, 11) is 0. The molecule has 0 bridgehead atoms. The molecule has 0 spiro atoms. The van der Waals surface area contributed by atoms with Crippen LogP contribution in [0.3, 0.4) is 0 Å². The van der Waals surface area contributed by atoms with E-state index in [1.807, 2.05) is 73.7 Å². The molecule has 0 saturated heterocycles. The first-order valence-corrected chi connectivity index (χ1v) is 7.96. The van der Waals surface area contributed by atoms with E-state index in [9.17, 15) is 0 Å². The zero-order chi connectivity index (χ0) is 16.5. The lowest BCUT2D eigenvalue weighted by molar-refractivity contribution is 1.19. The largest absolute Gasteiger partial charge is 0.397 e. The first kappa shape index (κ1) is 16.6. The van der Waals surface area contributed by atoms with Crippen molar-refractivity contribution in [2.75, 3.05) is 5.32 Å². The number of para-hydroxylation sites is 1. The van der Waals surface area contributed by atoms with Crippen LogP contribution in [0, 0.1) is 0 Å². The van der Waals surface area contributed by atoms with Crippen molar-refractivity contribution in [3.05, 3.63) is 95.7 Å². The van der Waals surface area contributed by atoms with Gasteiger partial charge in [-0.25, -0.2) is 0 Å². The van der Waals surface area contributed by atoms with Crippen molar-refractivity contribution in [2.24, 2.45) is 5.73 Å². The van der Waals surface area contributed by atoms with Gasteiger partial charge in [-0.1, -0.05) is 73.7 Å². The van der Waals surface area contributed by atoms with Crippen LogP contribution in [0.1, 0.15) is 25.8 Å². The first-order valence-electron chi connectivity index (χ1n) is 7.96. The third-order valence-corrected chi connectivity index (χ3v) is 3.46. The second-order valence-electron chi connectivity index (χ2n) is 5.21. The highest BCUT2D eigenvalue weighted by molar-refractivity contribution is 5.75. The normalized spacial score (nSPS) is 13.0. The Morgan fingerprint density at radius 3 is 2.17 bits per heavy atom. The van der Waals surface area contributed by atoms with Gasteiger partial charge in [0.25, 0.3) is 0 Å². The smallest absolute Gasteiger partial charge is 0.0694 e. The fraction of sp³-hybridized carbons (Fsp3) is 0.143. The number of rotatable bonds is 6. The summed E-state index contributed by atoms with van der Waals surface area (Å²) in [5.41, 5.74) is 11.3. The second-order valence-corrected chi connectivity index (χ2v) is 5.21. The van der Waals surface area contributed by atoms with Crippen molar-refractivity contribution in [3.63, 3.8) is 0 Å². The van der Waals surface area contributed by atoms with Gasteiger partial charge >= 0.3 is 0 Å². The third-order valence-electron chi connectivity index (χ3n) is 3.46. The summed E-state index contributed by atoms with van der Waals surface area (Å²) in [5.74, 6) is 0. The minimum atomic E-state index is 0.743. The van der Waals surface area contributed by atoms with E-state index in [0.717, 1.165) is 34.6 Å². The maximum absolute atomic E-state index is 6.49. The summed E-state index contributed by atoms with van der Waals surface area (Å²) in [6, 6.07) is 20.2. The number of anilines is 1.